The molecule has 2 aromatic heterocycles. The zero-order valence-corrected chi connectivity index (χ0v) is 20.1. The lowest BCUT2D eigenvalue weighted by molar-refractivity contribution is -0.0972. The molecule has 4 rings (SSSR count). The van der Waals surface area contributed by atoms with Crippen molar-refractivity contribution in [1.29, 1.82) is 0 Å². The lowest BCUT2D eigenvalue weighted by atomic mass is 10.1. The largest absolute Gasteiger partial charge is 0.387 e. The minimum atomic E-state index is -4.42. The van der Waals surface area contributed by atoms with Gasteiger partial charge in [0.05, 0.1) is 17.7 Å². The van der Waals surface area contributed by atoms with Crippen LogP contribution in [0.15, 0.2) is 30.5 Å². The molecule has 1 saturated heterocycles. The predicted molar refractivity (Wildman–Crippen MR) is 122 cm³/mol. The van der Waals surface area contributed by atoms with Gasteiger partial charge in [-0.05, 0) is 30.2 Å². The molecule has 0 radical (unpaired) electrons. The highest BCUT2D eigenvalue weighted by molar-refractivity contribution is 7.51. The van der Waals surface area contributed by atoms with E-state index in [0.29, 0.717) is 22.8 Å². The van der Waals surface area contributed by atoms with Crippen molar-refractivity contribution in [2.45, 2.75) is 44.1 Å². The molecule has 3 aromatic rings. The Kier molecular flexibility index (Phi) is 7.44. The van der Waals surface area contributed by atoms with Gasteiger partial charge in [0.1, 0.15) is 30.5 Å². The van der Waals surface area contributed by atoms with Crippen LogP contribution in [0.2, 0.25) is 10.3 Å². The van der Waals surface area contributed by atoms with Crippen molar-refractivity contribution in [3.05, 3.63) is 46.3 Å². The fourth-order valence-corrected chi connectivity index (χ4v) is 4.42. The molecule has 1 unspecified atom stereocenters. The summed E-state index contributed by atoms with van der Waals surface area (Å²) in [5.74, 6) is 0.379. The van der Waals surface area contributed by atoms with Crippen LogP contribution in [0, 0.1) is 0 Å². The Morgan fingerprint density at radius 2 is 1.97 bits per heavy atom. The summed E-state index contributed by atoms with van der Waals surface area (Å²) in [5.41, 5.74) is 1.08. The van der Waals surface area contributed by atoms with Crippen LogP contribution >= 0.6 is 30.8 Å². The molecular weight excluding hydrogens is 512 g/mol. The first-order valence-corrected chi connectivity index (χ1v) is 12.7. The predicted octanol–water partition coefficient (Wildman–Crippen LogP) is 1.90. The molecule has 3 heterocycles. The van der Waals surface area contributed by atoms with Gasteiger partial charge in [0.15, 0.2) is 11.9 Å². The van der Waals surface area contributed by atoms with Crippen molar-refractivity contribution in [3.63, 3.8) is 0 Å². The third-order valence-corrected chi connectivity index (χ3v) is 6.34. The van der Waals surface area contributed by atoms with Crippen LogP contribution in [-0.2, 0) is 20.6 Å². The van der Waals surface area contributed by atoms with E-state index < -0.39 is 44.6 Å². The second-order valence-corrected chi connectivity index (χ2v) is 10.1. The van der Waals surface area contributed by atoms with Crippen molar-refractivity contribution in [3.8, 4) is 0 Å². The maximum atomic E-state index is 11.1. The first-order valence-electron chi connectivity index (χ1n) is 10.1. The molecule has 0 aliphatic carbocycles. The van der Waals surface area contributed by atoms with E-state index in [0.717, 1.165) is 5.56 Å². The smallest absolute Gasteiger partial charge is 0.350 e. The van der Waals surface area contributed by atoms with Crippen LogP contribution in [0.4, 0.5) is 5.82 Å². The lowest BCUT2D eigenvalue weighted by Crippen LogP contribution is -2.38. The van der Waals surface area contributed by atoms with Gasteiger partial charge in [0.2, 0.25) is 5.28 Å². The Morgan fingerprint density at radius 3 is 2.68 bits per heavy atom. The Bertz CT molecular complexity index is 1220. The van der Waals surface area contributed by atoms with Crippen LogP contribution in [0.3, 0.4) is 0 Å². The van der Waals surface area contributed by atoms with Gasteiger partial charge in [-0.2, -0.15) is 15.1 Å². The number of ether oxygens (including phenoxy) is 2. The number of rotatable bonds is 8. The van der Waals surface area contributed by atoms with Gasteiger partial charge in [-0.3, -0.25) is 4.57 Å². The van der Waals surface area contributed by atoms with E-state index in [4.69, 9.17) is 42.5 Å². The van der Waals surface area contributed by atoms with Crippen molar-refractivity contribution < 1.29 is 34.0 Å². The molecule has 34 heavy (non-hydrogen) atoms. The Labute approximate surface area is 203 Å². The monoisotopic (exact) mass is 533 g/mol. The zero-order valence-electron chi connectivity index (χ0n) is 17.7. The Balaban J connectivity index is 1.57. The Hall–Kier alpha value is -1.86. The van der Waals surface area contributed by atoms with Crippen LogP contribution in [0.25, 0.3) is 11.0 Å². The minimum Gasteiger partial charge on any atom is -0.387 e. The zero-order chi connectivity index (χ0) is 24.6. The molecular formula is C19H22Cl2N5O7P. The van der Waals surface area contributed by atoms with E-state index in [1.54, 1.807) is 6.07 Å². The summed E-state index contributed by atoms with van der Waals surface area (Å²) in [6.45, 7) is 1.82. The number of anilines is 1. The van der Waals surface area contributed by atoms with Crippen LogP contribution in [0.1, 0.15) is 18.7 Å². The van der Waals surface area contributed by atoms with E-state index in [-0.39, 0.29) is 10.9 Å². The van der Waals surface area contributed by atoms with E-state index in [1.807, 2.05) is 18.2 Å². The molecule has 0 saturated carbocycles. The van der Waals surface area contributed by atoms with Crippen molar-refractivity contribution >= 4 is 47.6 Å². The fourth-order valence-electron chi connectivity index (χ4n) is 3.63. The van der Waals surface area contributed by atoms with Gasteiger partial charge in [-0.15, -0.1) is 0 Å². The molecule has 0 amide bonds. The molecule has 1 aromatic carbocycles. The number of aliphatic hydroxyl groups is 2. The van der Waals surface area contributed by atoms with Gasteiger partial charge >= 0.3 is 7.60 Å². The first kappa shape index (κ1) is 25.2. The van der Waals surface area contributed by atoms with Crippen molar-refractivity contribution in [2.75, 3.05) is 11.7 Å². The van der Waals surface area contributed by atoms with Gasteiger partial charge in [-0.1, -0.05) is 29.8 Å². The molecule has 5 N–H and O–H groups in total. The molecule has 5 atom stereocenters. The maximum absolute atomic E-state index is 11.1. The summed E-state index contributed by atoms with van der Waals surface area (Å²) in [6, 6.07) is 7.31. The molecule has 1 aliphatic rings. The van der Waals surface area contributed by atoms with Crippen molar-refractivity contribution in [1.82, 2.24) is 19.7 Å². The number of nitrogens with one attached hydrogen (secondary N) is 1. The van der Waals surface area contributed by atoms with Crippen LogP contribution in [0.5, 0.6) is 0 Å². The van der Waals surface area contributed by atoms with Gasteiger partial charge < -0.3 is 34.8 Å². The number of halogens is 2. The minimum absolute atomic E-state index is 0.0844. The highest BCUT2D eigenvalue weighted by atomic mass is 35.5. The second kappa shape index (κ2) is 10.0. The maximum Gasteiger partial charge on any atom is 0.350 e. The average Bonchev–Trinajstić information content (AvgIpc) is 3.32. The van der Waals surface area contributed by atoms with E-state index in [2.05, 4.69) is 20.4 Å². The number of nitrogens with zero attached hydrogens (tertiary/aromatic N) is 4. The van der Waals surface area contributed by atoms with Crippen LogP contribution < -0.4 is 5.32 Å². The summed E-state index contributed by atoms with van der Waals surface area (Å²) >= 11 is 12.3. The summed E-state index contributed by atoms with van der Waals surface area (Å²) in [6.07, 6.45) is -5.41. The quantitative estimate of drug-likeness (QED) is 0.211. The normalized spacial score (nSPS) is 24.0. The Morgan fingerprint density at radius 1 is 1.24 bits per heavy atom. The summed E-state index contributed by atoms with van der Waals surface area (Å²) in [4.78, 5) is 26.4. The van der Waals surface area contributed by atoms with E-state index >= 15 is 0 Å². The standard InChI is InChI=1S/C19H22Cl2N5O7P/c1-9(32-8-34(29,30)31)15-13(27)14(28)18(33-15)26-17-11(7-23-26)16(24-19(21)25-17)22-6-10-4-2-3-5-12(10)20/h2-5,7,9,13-15,18,27-28H,6,8H2,1H3,(H,22,24,25)(H2,29,30,31)/t9?,13-,14+,15+,18+/m0/s1. The molecule has 1 fully saturated rings. The summed E-state index contributed by atoms with van der Waals surface area (Å²) in [7, 11) is -4.42. The number of aliphatic hydroxyl groups excluding tert-OH is 2. The average molecular weight is 534 g/mol. The number of fused-ring (bicyclic) bond motifs is 1. The molecule has 0 bridgehead atoms. The van der Waals surface area contributed by atoms with Crippen molar-refractivity contribution in [2.24, 2.45) is 0 Å². The topological polar surface area (TPSA) is 172 Å². The lowest BCUT2D eigenvalue weighted by Gasteiger charge is -2.22. The van der Waals surface area contributed by atoms with E-state index in [1.165, 1.54) is 17.8 Å². The molecule has 0 spiro atoms. The number of aromatic nitrogens is 4. The summed E-state index contributed by atoms with van der Waals surface area (Å²) in [5, 5.41) is 29.4. The first-order chi connectivity index (χ1) is 16.0. The molecule has 1 aliphatic heterocycles. The third kappa shape index (κ3) is 5.35. The van der Waals surface area contributed by atoms with Gasteiger partial charge in [0, 0.05) is 11.6 Å². The third-order valence-electron chi connectivity index (χ3n) is 5.32. The molecule has 15 heteroatoms. The number of hydrogen-bond donors (Lipinski definition) is 5. The molecule has 12 nitrogen and oxygen atoms in total. The summed E-state index contributed by atoms with van der Waals surface area (Å²) < 4.78 is 23.2. The highest BCUT2D eigenvalue weighted by Gasteiger charge is 2.47. The van der Waals surface area contributed by atoms with E-state index in [9.17, 15) is 14.8 Å². The number of hydrogen-bond acceptors (Lipinski definition) is 9. The van der Waals surface area contributed by atoms with Crippen LogP contribution in [-0.4, -0.2) is 70.5 Å². The second-order valence-electron chi connectivity index (χ2n) is 7.75. The highest BCUT2D eigenvalue weighted by Crippen LogP contribution is 2.38. The number of benzene rings is 1. The SMILES string of the molecule is CC(OCP(=O)(O)O)[C@H]1O[C@@H](n2ncc3c(NCc4ccccc4Cl)nc(Cl)nc32)[C@H](O)[C@@H]1O. The van der Waals surface area contributed by atoms with Gasteiger partial charge in [-0.25, -0.2) is 4.68 Å². The fraction of sp³-hybridized carbons (Fsp3) is 0.421. The molecule has 184 valence electrons. The van der Waals surface area contributed by atoms with Gasteiger partial charge in [0.25, 0.3) is 0 Å².